The van der Waals surface area contributed by atoms with E-state index in [9.17, 15) is 14.4 Å². The van der Waals surface area contributed by atoms with Gasteiger partial charge < -0.3 is 0 Å². The summed E-state index contributed by atoms with van der Waals surface area (Å²) in [7, 11) is 0. The van der Waals surface area contributed by atoms with Gasteiger partial charge >= 0.3 is 0 Å². The molecule has 0 aliphatic heterocycles. The number of aromatic amines is 1. The van der Waals surface area contributed by atoms with Gasteiger partial charge in [-0.25, -0.2) is 5.10 Å². The molecule has 2 amide bonds. The number of carbonyl (C=O) groups excluding carboxylic acids is 2. The average molecular weight is 382 g/mol. The second-order valence-corrected chi connectivity index (χ2v) is 7.72. The van der Waals surface area contributed by atoms with Crippen LogP contribution in [0.2, 0.25) is 0 Å². The summed E-state index contributed by atoms with van der Waals surface area (Å²) in [6, 6.07) is 6.69. The van der Waals surface area contributed by atoms with Crippen LogP contribution in [0.15, 0.2) is 34.4 Å². The van der Waals surface area contributed by atoms with Crippen molar-refractivity contribution in [1.29, 1.82) is 0 Å². The molecule has 7 nitrogen and oxygen atoms in total. The lowest BCUT2D eigenvalue weighted by atomic mass is 9.88. The van der Waals surface area contributed by atoms with Gasteiger partial charge in [0.1, 0.15) is 0 Å². The molecule has 0 radical (unpaired) electrons. The van der Waals surface area contributed by atoms with E-state index in [1.165, 1.54) is 4.88 Å². The zero-order chi connectivity index (χ0) is 19.0. The molecule has 1 aliphatic carbocycles. The first kappa shape index (κ1) is 17.4. The number of amides is 2. The normalized spacial score (nSPS) is 16.0. The van der Waals surface area contributed by atoms with Crippen molar-refractivity contribution in [3.63, 3.8) is 0 Å². The van der Waals surface area contributed by atoms with E-state index in [0.29, 0.717) is 22.3 Å². The summed E-state index contributed by atoms with van der Waals surface area (Å²) in [6.07, 6.45) is 2.93. The zero-order valence-electron chi connectivity index (χ0n) is 14.7. The standard InChI is InChI=1S/C19H18N4O3S/c1-10-6-7-11-14(9-27-15(11)8-10)18(25)22-23-19(26)16-12-4-2-3-5-13(12)17(24)21-20-16/h2-5,9-10H,6-8H2,1H3,(H,21,24)(H,22,25)(H,23,26). The Hall–Kier alpha value is -3.00. The van der Waals surface area contributed by atoms with Gasteiger partial charge in [-0.3, -0.25) is 25.2 Å². The van der Waals surface area contributed by atoms with Crippen LogP contribution in [0.3, 0.4) is 0 Å². The fourth-order valence-electron chi connectivity index (χ4n) is 3.40. The third-order valence-corrected chi connectivity index (χ3v) is 5.90. The SMILES string of the molecule is CC1CCc2c(C(=O)NNC(=O)c3n[nH]c(=O)c4ccccc34)csc2C1. The van der Waals surface area contributed by atoms with Crippen molar-refractivity contribution in [2.24, 2.45) is 5.92 Å². The minimum Gasteiger partial charge on any atom is -0.267 e. The van der Waals surface area contributed by atoms with E-state index in [2.05, 4.69) is 28.0 Å². The molecule has 0 saturated carbocycles. The van der Waals surface area contributed by atoms with Crippen molar-refractivity contribution in [1.82, 2.24) is 21.0 Å². The number of aromatic nitrogens is 2. The summed E-state index contributed by atoms with van der Waals surface area (Å²) < 4.78 is 0. The molecule has 3 N–H and O–H groups in total. The number of nitrogens with zero attached hydrogens (tertiary/aromatic N) is 1. The average Bonchev–Trinajstić information content (AvgIpc) is 3.09. The smallest absolute Gasteiger partial charge is 0.267 e. The van der Waals surface area contributed by atoms with Crippen LogP contribution in [0, 0.1) is 5.92 Å². The highest BCUT2D eigenvalue weighted by molar-refractivity contribution is 7.10. The number of hydrazine groups is 1. The number of fused-ring (bicyclic) bond motifs is 2. The number of benzene rings is 1. The quantitative estimate of drug-likeness (QED) is 0.591. The van der Waals surface area contributed by atoms with E-state index in [1.54, 1.807) is 35.6 Å². The minimum absolute atomic E-state index is 0.0478. The van der Waals surface area contributed by atoms with Gasteiger partial charge in [-0.2, -0.15) is 5.10 Å². The summed E-state index contributed by atoms with van der Waals surface area (Å²) in [5.74, 6) is -0.302. The van der Waals surface area contributed by atoms with Crippen molar-refractivity contribution in [3.8, 4) is 0 Å². The molecular formula is C19H18N4O3S. The van der Waals surface area contributed by atoms with Crippen molar-refractivity contribution < 1.29 is 9.59 Å². The molecule has 2 aromatic heterocycles. The largest absolute Gasteiger partial charge is 0.290 e. The van der Waals surface area contributed by atoms with Gasteiger partial charge in [0.25, 0.3) is 17.4 Å². The molecule has 0 bridgehead atoms. The van der Waals surface area contributed by atoms with Crippen LogP contribution in [-0.2, 0) is 12.8 Å². The van der Waals surface area contributed by atoms with Crippen LogP contribution in [0.4, 0.5) is 0 Å². The second kappa shape index (κ2) is 6.96. The minimum atomic E-state index is -0.589. The third kappa shape index (κ3) is 3.23. The highest BCUT2D eigenvalue weighted by atomic mass is 32.1. The van der Waals surface area contributed by atoms with Crippen LogP contribution in [0.5, 0.6) is 0 Å². The molecule has 0 saturated heterocycles. The van der Waals surface area contributed by atoms with E-state index in [4.69, 9.17) is 0 Å². The topological polar surface area (TPSA) is 104 Å². The second-order valence-electron chi connectivity index (χ2n) is 6.75. The molecule has 1 unspecified atom stereocenters. The van der Waals surface area contributed by atoms with Gasteiger partial charge in [-0.1, -0.05) is 25.1 Å². The summed E-state index contributed by atoms with van der Waals surface area (Å²) >= 11 is 1.59. The molecular weight excluding hydrogens is 364 g/mol. The van der Waals surface area contributed by atoms with Gasteiger partial charge in [0, 0.05) is 15.6 Å². The first-order chi connectivity index (χ1) is 13.0. The number of rotatable bonds is 2. The Bertz CT molecular complexity index is 1100. The maximum Gasteiger partial charge on any atom is 0.290 e. The lowest BCUT2D eigenvalue weighted by Gasteiger charge is -2.18. The van der Waals surface area contributed by atoms with Crippen LogP contribution < -0.4 is 16.4 Å². The number of thiophene rings is 1. The molecule has 2 heterocycles. The maximum absolute atomic E-state index is 12.5. The molecule has 1 aromatic carbocycles. The van der Waals surface area contributed by atoms with E-state index in [1.807, 2.05) is 5.38 Å². The fourth-order valence-corrected chi connectivity index (χ4v) is 4.64. The third-order valence-electron chi connectivity index (χ3n) is 4.85. The summed E-state index contributed by atoms with van der Waals surface area (Å²) in [6.45, 7) is 2.21. The van der Waals surface area contributed by atoms with Gasteiger partial charge in [0.2, 0.25) is 0 Å². The van der Waals surface area contributed by atoms with Crippen LogP contribution in [0.25, 0.3) is 10.8 Å². The highest BCUT2D eigenvalue weighted by Gasteiger charge is 2.23. The van der Waals surface area contributed by atoms with E-state index < -0.39 is 5.91 Å². The Balaban J connectivity index is 1.51. The highest BCUT2D eigenvalue weighted by Crippen LogP contribution is 2.32. The molecule has 3 aromatic rings. The lowest BCUT2D eigenvalue weighted by Crippen LogP contribution is -2.42. The first-order valence-electron chi connectivity index (χ1n) is 8.72. The predicted octanol–water partition coefficient (Wildman–Crippen LogP) is 2.18. The molecule has 4 rings (SSSR count). The Morgan fingerprint density at radius 1 is 1.19 bits per heavy atom. The van der Waals surface area contributed by atoms with Crippen molar-refractivity contribution in [3.05, 3.63) is 61.7 Å². The van der Waals surface area contributed by atoms with Crippen LogP contribution >= 0.6 is 11.3 Å². The molecule has 0 fully saturated rings. The Kier molecular flexibility index (Phi) is 4.49. The molecule has 1 aliphatic rings. The molecule has 0 spiro atoms. The van der Waals surface area contributed by atoms with Gasteiger partial charge in [-0.05, 0) is 36.8 Å². The predicted molar refractivity (Wildman–Crippen MR) is 103 cm³/mol. The Morgan fingerprint density at radius 3 is 2.74 bits per heavy atom. The maximum atomic E-state index is 12.5. The Morgan fingerprint density at radius 2 is 1.93 bits per heavy atom. The van der Waals surface area contributed by atoms with Crippen LogP contribution in [0.1, 0.15) is 44.6 Å². The summed E-state index contributed by atoms with van der Waals surface area (Å²) in [5.41, 5.74) is 6.23. The van der Waals surface area contributed by atoms with Gasteiger partial charge in [0.05, 0.1) is 10.9 Å². The number of hydrogen-bond acceptors (Lipinski definition) is 5. The monoisotopic (exact) mass is 382 g/mol. The van der Waals surface area contributed by atoms with Crippen molar-refractivity contribution >= 4 is 33.9 Å². The van der Waals surface area contributed by atoms with E-state index in [-0.39, 0.29) is 17.2 Å². The van der Waals surface area contributed by atoms with E-state index in [0.717, 1.165) is 24.8 Å². The fraction of sp³-hybridized carbons (Fsp3) is 0.263. The van der Waals surface area contributed by atoms with Crippen molar-refractivity contribution in [2.75, 3.05) is 0 Å². The zero-order valence-corrected chi connectivity index (χ0v) is 15.5. The molecule has 27 heavy (non-hydrogen) atoms. The number of nitrogens with one attached hydrogen (secondary N) is 3. The van der Waals surface area contributed by atoms with Crippen molar-refractivity contribution in [2.45, 2.75) is 26.2 Å². The van der Waals surface area contributed by atoms with Gasteiger partial charge in [0.15, 0.2) is 5.69 Å². The number of H-pyrrole nitrogens is 1. The van der Waals surface area contributed by atoms with E-state index >= 15 is 0 Å². The molecule has 8 heteroatoms. The van der Waals surface area contributed by atoms with Gasteiger partial charge in [-0.15, -0.1) is 11.3 Å². The summed E-state index contributed by atoms with van der Waals surface area (Å²) in [5, 5.41) is 8.77. The summed E-state index contributed by atoms with van der Waals surface area (Å²) in [4.78, 5) is 38.0. The number of carbonyl (C=O) groups is 2. The molecule has 1 atom stereocenters. The first-order valence-corrected chi connectivity index (χ1v) is 9.60. The molecule has 138 valence electrons. The number of hydrogen-bond donors (Lipinski definition) is 3. The lowest BCUT2D eigenvalue weighted by molar-refractivity contribution is 0.0844. The Labute approximate surface area is 158 Å². The van der Waals surface area contributed by atoms with Crippen LogP contribution in [-0.4, -0.2) is 22.0 Å².